The minimum absolute atomic E-state index is 0.133. The molecule has 1 unspecified atom stereocenters. The van der Waals surface area contributed by atoms with Gasteiger partial charge in [-0.25, -0.2) is 0 Å². The molecule has 4 aliphatic heterocycles. The maximum absolute atomic E-state index is 13.3. The standard InChI is InChI=1S/C41H43ClN8O4/c42-31-6-3-7-33-37(31)39(53)44-41-49(27-4-1-2-5-27)35-23-29(9-11-32(35)50(33)41)45-16-14-26(15-17-45)46-18-20-47(21-19-46)28-8-10-30-25(22-28)24-48(40(30)54)34-12-13-36(51)43-38(34)52/h3,6-11,22-23,26-27,34H,1-2,4-5,12-21,24H2,(H,43,51,52). The van der Waals surface area contributed by atoms with Crippen molar-refractivity contribution in [2.45, 2.75) is 76.0 Å². The van der Waals surface area contributed by atoms with E-state index in [0.29, 0.717) is 46.8 Å². The number of aromatic nitrogens is 3. The van der Waals surface area contributed by atoms with Crippen LogP contribution in [0.2, 0.25) is 5.02 Å². The molecular formula is C41H43ClN8O4. The Labute approximate surface area is 317 Å². The Morgan fingerprint density at radius 3 is 2.24 bits per heavy atom. The summed E-state index contributed by atoms with van der Waals surface area (Å²) in [6.07, 6.45) is 7.35. The molecular weight excluding hydrogens is 704 g/mol. The van der Waals surface area contributed by atoms with E-state index in [1.54, 1.807) is 11.0 Å². The highest BCUT2D eigenvalue weighted by atomic mass is 35.5. The number of halogens is 1. The summed E-state index contributed by atoms with van der Waals surface area (Å²) in [6.45, 7) is 6.17. The summed E-state index contributed by atoms with van der Waals surface area (Å²) in [7, 11) is 0. The number of amides is 3. The normalized spacial score (nSPS) is 22.0. The number of carbonyl (C=O) groups is 3. The molecule has 4 fully saturated rings. The third-order valence-electron chi connectivity index (χ3n) is 12.7. The molecule has 13 heteroatoms. The zero-order chi connectivity index (χ0) is 36.7. The topological polar surface area (TPSA) is 116 Å². The fourth-order valence-electron chi connectivity index (χ4n) is 9.93. The van der Waals surface area contributed by atoms with Gasteiger partial charge in [-0.1, -0.05) is 30.5 Å². The highest BCUT2D eigenvalue weighted by Gasteiger charge is 2.39. The van der Waals surface area contributed by atoms with Gasteiger partial charge in [0.25, 0.3) is 11.5 Å². The van der Waals surface area contributed by atoms with Crippen molar-refractivity contribution >= 4 is 68.4 Å². The van der Waals surface area contributed by atoms with E-state index in [4.69, 9.17) is 11.6 Å². The van der Waals surface area contributed by atoms with Crippen LogP contribution >= 0.6 is 11.6 Å². The van der Waals surface area contributed by atoms with Crippen molar-refractivity contribution in [2.24, 2.45) is 0 Å². The number of anilines is 2. The molecule has 1 atom stereocenters. The largest absolute Gasteiger partial charge is 0.371 e. The molecule has 2 aromatic heterocycles. The average Bonchev–Trinajstić information content (AvgIpc) is 3.91. The third kappa shape index (κ3) is 5.47. The van der Waals surface area contributed by atoms with Gasteiger partial charge >= 0.3 is 0 Å². The number of piperidine rings is 2. The van der Waals surface area contributed by atoms with Gasteiger partial charge in [0.1, 0.15) is 6.04 Å². The summed E-state index contributed by atoms with van der Waals surface area (Å²) < 4.78 is 4.46. The molecule has 5 aromatic rings. The first kappa shape index (κ1) is 33.6. The van der Waals surface area contributed by atoms with Crippen LogP contribution in [0, 0.1) is 0 Å². The fraction of sp³-hybridized carbons (Fsp3) is 0.439. The first-order chi connectivity index (χ1) is 26.3. The van der Waals surface area contributed by atoms with E-state index in [-0.39, 0.29) is 29.7 Å². The molecule has 3 aromatic carbocycles. The predicted molar refractivity (Wildman–Crippen MR) is 208 cm³/mol. The van der Waals surface area contributed by atoms with Crippen LogP contribution in [0.5, 0.6) is 0 Å². The molecule has 12 nitrogen and oxygen atoms in total. The minimum Gasteiger partial charge on any atom is -0.371 e. The van der Waals surface area contributed by atoms with Crippen LogP contribution in [0.15, 0.2) is 59.4 Å². The SMILES string of the molecule is O=C1CCC(N2Cc3cc(N4CCN(C5CCN(c6ccc7c(c6)n(C6CCCC6)c6nc(=O)c8c(Cl)cccc8n76)CC5)CC4)ccc3C2=O)C(=O)N1. The van der Waals surface area contributed by atoms with Crippen molar-refractivity contribution in [2.75, 3.05) is 49.1 Å². The third-order valence-corrected chi connectivity index (χ3v) is 13.1. The van der Waals surface area contributed by atoms with Crippen molar-refractivity contribution in [3.05, 3.63) is 81.1 Å². The number of rotatable bonds is 5. The Morgan fingerprint density at radius 1 is 0.722 bits per heavy atom. The zero-order valence-corrected chi connectivity index (χ0v) is 30.9. The smallest absolute Gasteiger partial charge is 0.283 e. The number of nitrogens with one attached hydrogen (secondary N) is 1. The van der Waals surface area contributed by atoms with Gasteiger partial charge in [0, 0.05) is 81.3 Å². The highest BCUT2D eigenvalue weighted by molar-refractivity contribution is 6.35. The number of imide groups is 1. The molecule has 6 heterocycles. The zero-order valence-electron chi connectivity index (χ0n) is 30.2. The monoisotopic (exact) mass is 746 g/mol. The summed E-state index contributed by atoms with van der Waals surface area (Å²) in [4.78, 5) is 64.4. The lowest BCUT2D eigenvalue weighted by molar-refractivity contribution is -0.136. The lowest BCUT2D eigenvalue weighted by Crippen LogP contribution is -2.53. The number of fused-ring (bicyclic) bond motifs is 6. The van der Waals surface area contributed by atoms with Crippen molar-refractivity contribution < 1.29 is 14.4 Å². The summed E-state index contributed by atoms with van der Waals surface area (Å²) in [5.74, 6) is -0.0845. The predicted octanol–water partition coefficient (Wildman–Crippen LogP) is 5.12. The second-order valence-corrected chi connectivity index (χ2v) is 16.1. The van der Waals surface area contributed by atoms with Gasteiger partial charge in [0.05, 0.1) is 27.0 Å². The number of hydrogen-bond acceptors (Lipinski definition) is 8. The quantitative estimate of drug-likeness (QED) is 0.247. The lowest BCUT2D eigenvalue weighted by Gasteiger charge is -2.44. The van der Waals surface area contributed by atoms with Gasteiger partial charge in [-0.2, -0.15) is 4.98 Å². The minimum atomic E-state index is -0.599. The van der Waals surface area contributed by atoms with Crippen LogP contribution in [-0.2, 0) is 16.1 Å². The molecule has 3 amide bonds. The van der Waals surface area contributed by atoms with Crippen molar-refractivity contribution in [3.8, 4) is 0 Å². The van der Waals surface area contributed by atoms with E-state index in [1.165, 1.54) is 18.5 Å². The van der Waals surface area contributed by atoms with Crippen LogP contribution < -0.4 is 20.7 Å². The molecule has 10 rings (SSSR count). The number of imidazole rings is 1. The van der Waals surface area contributed by atoms with Crippen molar-refractivity contribution in [3.63, 3.8) is 0 Å². The van der Waals surface area contributed by atoms with Gasteiger partial charge in [0.2, 0.25) is 17.6 Å². The summed E-state index contributed by atoms with van der Waals surface area (Å²) in [5, 5.41) is 3.29. The second-order valence-electron chi connectivity index (χ2n) is 15.7. The van der Waals surface area contributed by atoms with Gasteiger partial charge in [-0.3, -0.25) is 33.8 Å². The van der Waals surface area contributed by atoms with E-state index in [9.17, 15) is 19.2 Å². The van der Waals surface area contributed by atoms with Crippen LogP contribution in [0.25, 0.3) is 27.7 Å². The summed E-state index contributed by atoms with van der Waals surface area (Å²) in [5.41, 5.74) is 6.62. The molecule has 5 aliphatic rings. The summed E-state index contributed by atoms with van der Waals surface area (Å²) >= 11 is 6.53. The second kappa shape index (κ2) is 13.1. The molecule has 3 saturated heterocycles. The van der Waals surface area contributed by atoms with E-state index in [1.807, 2.05) is 24.3 Å². The van der Waals surface area contributed by atoms with E-state index in [2.05, 4.69) is 58.2 Å². The first-order valence-electron chi connectivity index (χ1n) is 19.5. The number of piperazine rings is 1. The van der Waals surface area contributed by atoms with Crippen LogP contribution in [0.4, 0.5) is 11.4 Å². The van der Waals surface area contributed by atoms with Crippen LogP contribution in [0.1, 0.15) is 73.3 Å². The Hall–Kier alpha value is -4.94. The number of benzene rings is 3. The summed E-state index contributed by atoms with van der Waals surface area (Å²) in [6, 6.07) is 18.7. The van der Waals surface area contributed by atoms with E-state index in [0.717, 1.165) is 92.8 Å². The average molecular weight is 747 g/mol. The van der Waals surface area contributed by atoms with E-state index < -0.39 is 6.04 Å². The highest BCUT2D eigenvalue weighted by Crippen LogP contribution is 2.38. The fourth-order valence-corrected chi connectivity index (χ4v) is 10.2. The first-order valence-corrected chi connectivity index (χ1v) is 19.9. The Bertz CT molecular complexity index is 2420. The maximum Gasteiger partial charge on any atom is 0.283 e. The Kier molecular flexibility index (Phi) is 8.17. The molecule has 0 spiro atoms. The molecule has 1 N–H and O–H groups in total. The molecule has 0 radical (unpaired) electrons. The Morgan fingerprint density at radius 2 is 1.46 bits per heavy atom. The van der Waals surface area contributed by atoms with Crippen molar-refractivity contribution in [1.82, 2.24) is 29.1 Å². The Balaban J connectivity index is 0.821. The van der Waals surface area contributed by atoms with Gasteiger partial charge in [0.15, 0.2) is 0 Å². The van der Waals surface area contributed by atoms with Crippen molar-refractivity contribution in [1.29, 1.82) is 0 Å². The van der Waals surface area contributed by atoms with Crippen LogP contribution in [0.3, 0.4) is 0 Å². The maximum atomic E-state index is 13.3. The van der Waals surface area contributed by atoms with Gasteiger partial charge in [-0.15, -0.1) is 0 Å². The lowest BCUT2D eigenvalue weighted by atomic mass is 10.0. The molecule has 278 valence electrons. The molecule has 1 aliphatic carbocycles. The number of nitrogens with zero attached hydrogens (tertiary/aromatic N) is 7. The van der Waals surface area contributed by atoms with Gasteiger partial charge < -0.3 is 19.3 Å². The number of hydrogen-bond donors (Lipinski definition) is 1. The molecule has 0 bridgehead atoms. The van der Waals surface area contributed by atoms with Gasteiger partial charge in [-0.05, 0) is 86.2 Å². The number of carbonyl (C=O) groups excluding carboxylic acids is 3. The van der Waals surface area contributed by atoms with E-state index >= 15 is 0 Å². The molecule has 1 saturated carbocycles. The molecule has 54 heavy (non-hydrogen) atoms. The van der Waals surface area contributed by atoms with Crippen LogP contribution in [-0.4, -0.2) is 92.8 Å².